The highest BCUT2D eigenvalue weighted by Gasteiger charge is 2.12. The highest BCUT2D eigenvalue weighted by molar-refractivity contribution is 9.11. The van der Waals surface area contributed by atoms with E-state index in [1.54, 1.807) is 0 Å². The van der Waals surface area contributed by atoms with Crippen molar-refractivity contribution in [3.05, 3.63) is 97.3 Å². The lowest BCUT2D eigenvalue weighted by atomic mass is 10.1. The smallest absolute Gasteiger partial charge is 0.0444 e. The van der Waals surface area contributed by atoms with Gasteiger partial charge >= 0.3 is 0 Å². The van der Waals surface area contributed by atoms with Crippen LogP contribution in [0.15, 0.2) is 86.2 Å². The molecule has 4 heteroatoms. The third-order valence-electron chi connectivity index (χ3n) is 3.83. The zero-order chi connectivity index (χ0) is 16.9. The molecule has 3 rings (SSSR count). The first kappa shape index (κ1) is 17.7. The Morgan fingerprint density at radius 3 is 1.50 bits per heavy atom. The number of anilines is 1. The van der Waals surface area contributed by atoms with Crippen LogP contribution in [0.5, 0.6) is 0 Å². The Hall–Kier alpha value is -1.10. The van der Waals surface area contributed by atoms with Crippen molar-refractivity contribution in [3.8, 4) is 0 Å². The van der Waals surface area contributed by atoms with Crippen molar-refractivity contribution in [1.29, 1.82) is 0 Å². The Morgan fingerprint density at radius 1 is 0.583 bits per heavy atom. The lowest BCUT2D eigenvalue weighted by Crippen LogP contribution is -2.22. The normalized spacial score (nSPS) is 10.6. The summed E-state index contributed by atoms with van der Waals surface area (Å²) in [7, 11) is 0. The van der Waals surface area contributed by atoms with E-state index in [1.165, 1.54) is 16.8 Å². The van der Waals surface area contributed by atoms with E-state index in [-0.39, 0.29) is 0 Å². The van der Waals surface area contributed by atoms with Crippen LogP contribution in [0, 0.1) is 0 Å². The fourth-order valence-electron chi connectivity index (χ4n) is 2.55. The zero-order valence-electron chi connectivity index (χ0n) is 12.9. The first-order valence-electron chi connectivity index (χ1n) is 7.61. The van der Waals surface area contributed by atoms with Gasteiger partial charge < -0.3 is 4.90 Å². The number of hydrogen-bond acceptors (Lipinski definition) is 1. The molecule has 0 heterocycles. The third kappa shape index (κ3) is 4.50. The van der Waals surface area contributed by atoms with Crippen LogP contribution in [0.4, 0.5) is 5.69 Å². The summed E-state index contributed by atoms with van der Waals surface area (Å²) < 4.78 is 3.37. The van der Waals surface area contributed by atoms with Gasteiger partial charge in [0.25, 0.3) is 0 Å². The van der Waals surface area contributed by atoms with E-state index in [0.29, 0.717) is 0 Å². The van der Waals surface area contributed by atoms with Gasteiger partial charge in [-0.05, 0) is 47.5 Å². The molecule has 0 saturated carbocycles. The van der Waals surface area contributed by atoms with Crippen LogP contribution in [0.25, 0.3) is 0 Å². The van der Waals surface area contributed by atoms with Gasteiger partial charge in [0.15, 0.2) is 0 Å². The molecule has 1 nitrogen and oxygen atoms in total. The number of nitrogens with zero attached hydrogens (tertiary/aromatic N) is 1. The molecule has 3 aromatic rings. The predicted octanol–water partition coefficient (Wildman–Crippen LogP) is 7.18. The van der Waals surface area contributed by atoms with E-state index in [0.717, 1.165) is 26.5 Å². The minimum absolute atomic E-state index is 0.838. The molecule has 0 saturated heterocycles. The predicted molar refractivity (Wildman–Crippen MR) is 112 cm³/mol. The Morgan fingerprint density at radius 2 is 1.04 bits per heavy atom. The fourth-order valence-corrected chi connectivity index (χ4v) is 3.64. The number of benzene rings is 3. The summed E-state index contributed by atoms with van der Waals surface area (Å²) in [5.74, 6) is 0. The summed E-state index contributed by atoms with van der Waals surface area (Å²) in [5, 5.41) is 0. The molecular weight excluding hydrogens is 494 g/mol. The van der Waals surface area contributed by atoms with Crippen LogP contribution in [-0.2, 0) is 13.1 Å². The Balaban J connectivity index is 1.93. The van der Waals surface area contributed by atoms with Crippen LogP contribution < -0.4 is 4.90 Å². The molecule has 0 N–H and O–H groups in total. The van der Waals surface area contributed by atoms with Gasteiger partial charge in [-0.3, -0.25) is 0 Å². The summed E-state index contributed by atoms with van der Waals surface area (Å²) >= 11 is 10.8. The van der Waals surface area contributed by atoms with Crippen LogP contribution >= 0.6 is 47.8 Å². The number of hydrogen-bond donors (Lipinski definition) is 0. The molecule has 0 aliphatic heterocycles. The average Bonchev–Trinajstić information content (AvgIpc) is 2.59. The van der Waals surface area contributed by atoms with Crippen molar-refractivity contribution >= 4 is 53.5 Å². The number of rotatable bonds is 5. The highest BCUT2D eigenvalue weighted by Crippen LogP contribution is 2.27. The van der Waals surface area contributed by atoms with Gasteiger partial charge in [0.2, 0.25) is 0 Å². The van der Waals surface area contributed by atoms with E-state index in [2.05, 4.69) is 113 Å². The van der Waals surface area contributed by atoms with Crippen molar-refractivity contribution in [2.75, 3.05) is 4.90 Å². The van der Waals surface area contributed by atoms with E-state index in [9.17, 15) is 0 Å². The standard InChI is InChI=1S/C20H16Br3N/c21-17-9-11-18(12-10-17)24(13-15-5-1-3-7-19(15)22)14-16-6-2-4-8-20(16)23/h1-12H,13-14H2. The molecule has 24 heavy (non-hydrogen) atoms. The SMILES string of the molecule is Brc1ccc(N(Cc2ccccc2Br)Cc2ccccc2Br)cc1. The highest BCUT2D eigenvalue weighted by atomic mass is 79.9. The maximum absolute atomic E-state index is 3.67. The lowest BCUT2D eigenvalue weighted by Gasteiger charge is -2.26. The molecule has 0 bridgehead atoms. The molecule has 0 atom stereocenters. The van der Waals surface area contributed by atoms with Gasteiger partial charge in [-0.25, -0.2) is 0 Å². The molecule has 3 aromatic carbocycles. The minimum Gasteiger partial charge on any atom is -0.363 e. The van der Waals surface area contributed by atoms with E-state index < -0.39 is 0 Å². The first-order chi connectivity index (χ1) is 11.6. The van der Waals surface area contributed by atoms with Gasteiger partial charge in [0.05, 0.1) is 0 Å². The fraction of sp³-hybridized carbons (Fsp3) is 0.100. The van der Waals surface area contributed by atoms with E-state index >= 15 is 0 Å². The van der Waals surface area contributed by atoms with Crippen molar-refractivity contribution in [3.63, 3.8) is 0 Å². The van der Waals surface area contributed by atoms with Crippen molar-refractivity contribution in [2.45, 2.75) is 13.1 Å². The molecule has 0 radical (unpaired) electrons. The molecular formula is C20H16Br3N. The van der Waals surface area contributed by atoms with Gasteiger partial charge in [0.1, 0.15) is 0 Å². The summed E-state index contributed by atoms with van der Waals surface area (Å²) in [5.41, 5.74) is 3.74. The van der Waals surface area contributed by atoms with Crippen LogP contribution in [0.3, 0.4) is 0 Å². The van der Waals surface area contributed by atoms with Gasteiger partial charge in [0, 0.05) is 32.2 Å². The first-order valence-corrected chi connectivity index (χ1v) is 9.99. The van der Waals surface area contributed by atoms with E-state index in [1.807, 2.05) is 12.1 Å². The molecule has 0 spiro atoms. The summed E-state index contributed by atoms with van der Waals surface area (Å²) in [4.78, 5) is 2.38. The summed E-state index contributed by atoms with van der Waals surface area (Å²) in [6.45, 7) is 1.68. The van der Waals surface area contributed by atoms with Gasteiger partial charge in [-0.15, -0.1) is 0 Å². The molecule has 122 valence electrons. The second kappa shape index (κ2) is 8.32. The minimum atomic E-state index is 0.838. The zero-order valence-corrected chi connectivity index (χ0v) is 17.7. The second-order valence-electron chi connectivity index (χ2n) is 5.52. The quantitative estimate of drug-likeness (QED) is 0.352. The molecule has 0 unspecified atom stereocenters. The van der Waals surface area contributed by atoms with Crippen molar-refractivity contribution < 1.29 is 0 Å². The summed E-state index contributed by atoms with van der Waals surface area (Å²) in [6, 6.07) is 25.2. The largest absolute Gasteiger partial charge is 0.363 e. The van der Waals surface area contributed by atoms with Crippen LogP contribution in [-0.4, -0.2) is 0 Å². The van der Waals surface area contributed by atoms with Crippen molar-refractivity contribution in [1.82, 2.24) is 0 Å². The maximum Gasteiger partial charge on any atom is 0.0444 e. The average molecular weight is 510 g/mol. The van der Waals surface area contributed by atoms with Crippen molar-refractivity contribution in [2.24, 2.45) is 0 Å². The monoisotopic (exact) mass is 507 g/mol. The van der Waals surface area contributed by atoms with E-state index in [4.69, 9.17) is 0 Å². The molecule has 0 aliphatic rings. The molecule has 0 amide bonds. The molecule has 0 fully saturated rings. The number of halogens is 3. The van der Waals surface area contributed by atoms with Crippen LogP contribution in [0.1, 0.15) is 11.1 Å². The Kier molecular flexibility index (Phi) is 6.14. The second-order valence-corrected chi connectivity index (χ2v) is 8.14. The molecule has 0 aliphatic carbocycles. The van der Waals surface area contributed by atoms with Gasteiger partial charge in [-0.2, -0.15) is 0 Å². The Bertz CT molecular complexity index is 768. The topological polar surface area (TPSA) is 3.24 Å². The summed E-state index contributed by atoms with van der Waals surface area (Å²) in [6.07, 6.45) is 0. The Labute approximate surface area is 168 Å². The third-order valence-corrected chi connectivity index (χ3v) is 5.91. The lowest BCUT2D eigenvalue weighted by molar-refractivity contribution is 0.795. The van der Waals surface area contributed by atoms with Gasteiger partial charge in [-0.1, -0.05) is 84.2 Å². The maximum atomic E-state index is 3.67. The molecule has 0 aromatic heterocycles. The van der Waals surface area contributed by atoms with Crippen LogP contribution in [0.2, 0.25) is 0 Å².